The molecule has 0 aliphatic rings. The van der Waals surface area contributed by atoms with Gasteiger partial charge in [0.05, 0.1) is 16.1 Å². The molecule has 0 aromatic heterocycles. The van der Waals surface area contributed by atoms with Gasteiger partial charge in [-0.05, 0) is 14.0 Å². The summed E-state index contributed by atoms with van der Waals surface area (Å²) in [7, 11) is 2.19. The first-order valence-electron chi connectivity index (χ1n) is 5.50. The van der Waals surface area contributed by atoms with Crippen LogP contribution in [0.3, 0.4) is 0 Å². The summed E-state index contributed by atoms with van der Waals surface area (Å²) < 4.78 is 6.91. The van der Waals surface area contributed by atoms with Gasteiger partial charge in [0.25, 0.3) is 0 Å². The van der Waals surface area contributed by atoms with E-state index in [1.165, 1.54) is 7.11 Å². The van der Waals surface area contributed by atoms with Gasteiger partial charge in [0, 0.05) is 5.57 Å². The van der Waals surface area contributed by atoms with Crippen molar-refractivity contribution in [3.63, 3.8) is 0 Å². The van der Waals surface area contributed by atoms with Crippen molar-refractivity contribution < 1.29 is 9.53 Å². The Kier molecular flexibility index (Phi) is 8.78. The van der Waals surface area contributed by atoms with Crippen molar-refractivity contribution in [3.05, 3.63) is 12.2 Å². The van der Waals surface area contributed by atoms with E-state index in [1.54, 1.807) is 6.92 Å². The Labute approximate surface area is 103 Å². The van der Waals surface area contributed by atoms with Gasteiger partial charge in [-0.25, -0.2) is 4.79 Å². The Morgan fingerprint density at radius 3 is 1.69 bits per heavy atom. The van der Waals surface area contributed by atoms with Crippen LogP contribution < -0.4 is 0 Å². The fourth-order valence-electron chi connectivity index (χ4n) is 0.949. The van der Waals surface area contributed by atoms with Crippen molar-refractivity contribution in [1.82, 2.24) is 4.23 Å². The first kappa shape index (κ1) is 18.0. The minimum atomic E-state index is -0.929. The summed E-state index contributed by atoms with van der Waals surface area (Å²) in [5.41, 5.74) is 0.433. The molecule has 0 radical (unpaired) electrons. The third kappa shape index (κ3) is 8.88. The van der Waals surface area contributed by atoms with Crippen LogP contribution in [0.1, 0.15) is 6.92 Å². The Bertz CT molecular complexity index is 235. The molecular weight excluding hydrogens is 234 g/mol. The lowest BCUT2D eigenvalue weighted by Crippen LogP contribution is -2.49. The largest absolute Gasteiger partial charge is 0.466 e. The molecule has 0 bridgehead atoms. The average molecular weight is 262 g/mol. The van der Waals surface area contributed by atoms with Crippen LogP contribution in [-0.2, 0) is 9.53 Å². The second kappa shape index (κ2) is 7.81. The highest BCUT2D eigenvalue weighted by atomic mass is 28.4. The van der Waals surface area contributed by atoms with Crippen molar-refractivity contribution in [3.8, 4) is 0 Å². The first-order valence-corrected chi connectivity index (χ1v) is 11.8. The molecule has 0 rings (SSSR count). The number of methoxy groups -OCH3 is 1. The molecule has 0 aromatic rings. The Morgan fingerprint density at radius 2 is 1.69 bits per heavy atom. The normalized spacial score (nSPS) is 10.9. The van der Waals surface area contributed by atoms with Gasteiger partial charge in [-0.15, -0.1) is 0 Å². The second-order valence-electron chi connectivity index (χ2n) is 5.15. The molecule has 0 spiro atoms. The van der Waals surface area contributed by atoms with Gasteiger partial charge < -0.3 is 8.97 Å². The maximum atomic E-state index is 10.2. The van der Waals surface area contributed by atoms with Gasteiger partial charge in [-0.3, -0.25) is 0 Å². The zero-order valence-electron chi connectivity index (χ0n) is 12.0. The molecular formula is C11H27NO2Si2. The molecule has 0 aliphatic carbocycles. The molecule has 0 N–H and O–H groups in total. The molecule has 0 aromatic carbocycles. The van der Waals surface area contributed by atoms with Crippen LogP contribution in [0.15, 0.2) is 12.2 Å². The van der Waals surface area contributed by atoms with E-state index in [2.05, 4.69) is 55.3 Å². The number of esters is 1. The van der Waals surface area contributed by atoms with E-state index in [1.807, 2.05) is 0 Å². The van der Waals surface area contributed by atoms with E-state index in [-0.39, 0.29) is 5.97 Å². The highest BCUT2D eigenvalue weighted by Gasteiger charge is 2.21. The molecule has 5 heteroatoms. The SMILES string of the molecule is C=C(C)C(=O)OC.CN([SiH](C)C)[Si](C)(C)C. The Hall–Kier alpha value is -0.396. The molecule has 3 nitrogen and oxygen atoms in total. The molecule has 16 heavy (non-hydrogen) atoms. The molecule has 0 saturated carbocycles. The van der Waals surface area contributed by atoms with Gasteiger partial charge in [-0.2, -0.15) is 0 Å². The van der Waals surface area contributed by atoms with Gasteiger partial charge in [0.1, 0.15) is 8.24 Å². The van der Waals surface area contributed by atoms with E-state index < -0.39 is 17.2 Å². The van der Waals surface area contributed by atoms with Crippen molar-refractivity contribution in [2.75, 3.05) is 14.2 Å². The predicted octanol–water partition coefficient (Wildman–Crippen LogP) is 2.47. The maximum Gasteiger partial charge on any atom is 0.332 e. The number of ether oxygens (including phenoxy) is 1. The zero-order chi connectivity index (χ0) is 13.5. The van der Waals surface area contributed by atoms with Crippen LogP contribution >= 0.6 is 0 Å². The topological polar surface area (TPSA) is 29.5 Å². The van der Waals surface area contributed by atoms with Crippen LogP contribution in [0.4, 0.5) is 0 Å². The van der Waals surface area contributed by atoms with Gasteiger partial charge in [-0.1, -0.05) is 39.3 Å². The smallest absolute Gasteiger partial charge is 0.332 e. The van der Waals surface area contributed by atoms with Crippen molar-refractivity contribution in [1.29, 1.82) is 0 Å². The van der Waals surface area contributed by atoms with Gasteiger partial charge in [0.15, 0.2) is 0 Å². The molecule has 0 fully saturated rings. The number of carbonyl (C=O) groups is 1. The van der Waals surface area contributed by atoms with E-state index in [9.17, 15) is 4.79 Å². The van der Waals surface area contributed by atoms with E-state index in [0.29, 0.717) is 5.57 Å². The van der Waals surface area contributed by atoms with Crippen molar-refractivity contribution in [2.45, 2.75) is 39.7 Å². The van der Waals surface area contributed by atoms with E-state index >= 15 is 0 Å². The van der Waals surface area contributed by atoms with E-state index in [4.69, 9.17) is 0 Å². The molecule has 0 aliphatic heterocycles. The standard InChI is InChI=1S/C6H19NSi2.C5H8O2/c1-7(8(2)3)9(4,5)6;1-4(2)5(6)7-3/h8H,1-6H3;1H2,2-3H3. The number of nitrogens with zero attached hydrogens (tertiary/aromatic N) is 1. The fraction of sp³-hybridized carbons (Fsp3) is 0.727. The maximum absolute atomic E-state index is 10.2. The Morgan fingerprint density at radius 1 is 1.31 bits per heavy atom. The van der Waals surface area contributed by atoms with Crippen LogP contribution in [0.25, 0.3) is 0 Å². The van der Waals surface area contributed by atoms with Crippen molar-refractivity contribution in [2.24, 2.45) is 0 Å². The summed E-state index contributed by atoms with van der Waals surface area (Å²) in [4.78, 5) is 10.2. The second-order valence-corrected chi connectivity index (χ2v) is 13.7. The molecule has 0 atom stereocenters. The van der Waals surface area contributed by atoms with Gasteiger partial charge >= 0.3 is 5.97 Å². The minimum absolute atomic E-state index is 0.347. The molecule has 0 heterocycles. The summed E-state index contributed by atoms with van der Waals surface area (Å²) in [5, 5.41) is 0. The summed E-state index contributed by atoms with van der Waals surface area (Å²) >= 11 is 0. The molecule has 0 saturated heterocycles. The van der Waals surface area contributed by atoms with Crippen LogP contribution in [0.2, 0.25) is 32.7 Å². The third-order valence-electron chi connectivity index (χ3n) is 2.37. The molecule has 96 valence electrons. The Balaban J connectivity index is 0. The molecule has 0 unspecified atom stereocenters. The number of carbonyl (C=O) groups excluding carboxylic acids is 1. The monoisotopic (exact) mass is 261 g/mol. The van der Waals surface area contributed by atoms with Gasteiger partial charge in [0.2, 0.25) is 0 Å². The summed E-state index contributed by atoms with van der Waals surface area (Å²) in [6.07, 6.45) is 0. The summed E-state index contributed by atoms with van der Waals surface area (Å²) in [6.45, 7) is 16.9. The lowest BCUT2D eigenvalue weighted by atomic mass is 10.4. The van der Waals surface area contributed by atoms with Crippen LogP contribution in [0.5, 0.6) is 0 Å². The summed E-state index contributed by atoms with van der Waals surface area (Å²) in [5.74, 6) is -0.347. The lowest BCUT2D eigenvalue weighted by molar-refractivity contribution is -0.136. The van der Waals surface area contributed by atoms with Crippen LogP contribution in [-0.4, -0.2) is 41.6 Å². The highest BCUT2D eigenvalue weighted by Crippen LogP contribution is 2.07. The van der Waals surface area contributed by atoms with E-state index in [0.717, 1.165) is 0 Å². The number of hydrogen-bond acceptors (Lipinski definition) is 3. The molecule has 0 amide bonds. The van der Waals surface area contributed by atoms with Crippen LogP contribution in [0, 0.1) is 0 Å². The minimum Gasteiger partial charge on any atom is -0.466 e. The average Bonchev–Trinajstić information content (AvgIpc) is 2.14. The number of hydrogen-bond donors (Lipinski definition) is 0. The highest BCUT2D eigenvalue weighted by molar-refractivity contribution is 6.82. The third-order valence-corrected chi connectivity index (χ3v) is 9.90. The zero-order valence-corrected chi connectivity index (χ0v) is 14.2. The quantitative estimate of drug-likeness (QED) is 0.444. The predicted molar refractivity (Wildman–Crippen MR) is 76.8 cm³/mol. The van der Waals surface area contributed by atoms with Crippen molar-refractivity contribution >= 4 is 23.2 Å². The fourth-order valence-corrected chi connectivity index (χ4v) is 7.15. The lowest BCUT2D eigenvalue weighted by Gasteiger charge is -2.33. The first-order chi connectivity index (χ1) is 7.03. The number of rotatable bonds is 3. The summed E-state index contributed by atoms with van der Waals surface area (Å²) in [6, 6.07) is 0.